The molecule has 2 amide bonds. The van der Waals surface area contributed by atoms with Crippen LogP contribution in [0.3, 0.4) is 0 Å². The number of para-hydroxylation sites is 2. The zero-order valence-electron chi connectivity index (χ0n) is 18.5. The second-order valence-electron chi connectivity index (χ2n) is 8.04. The van der Waals surface area contributed by atoms with Crippen molar-refractivity contribution in [1.82, 2.24) is 10.2 Å². The fourth-order valence-corrected chi connectivity index (χ4v) is 3.78. The number of hydrogen-bond acceptors (Lipinski definition) is 5. The molecule has 0 radical (unpaired) electrons. The van der Waals surface area contributed by atoms with Crippen molar-refractivity contribution in [2.45, 2.75) is 26.7 Å². The molecule has 1 aliphatic heterocycles. The molecule has 0 saturated carbocycles. The van der Waals surface area contributed by atoms with Gasteiger partial charge in [0.2, 0.25) is 0 Å². The molecule has 1 aromatic heterocycles. The molecule has 1 fully saturated rings. The first-order valence-electron chi connectivity index (χ1n) is 11.1. The lowest BCUT2D eigenvalue weighted by molar-refractivity contribution is 0.262. The summed E-state index contributed by atoms with van der Waals surface area (Å²) in [5.41, 5.74) is 2.95. The van der Waals surface area contributed by atoms with Crippen molar-refractivity contribution in [2.75, 3.05) is 35.2 Å². The van der Waals surface area contributed by atoms with Gasteiger partial charge in [-0.1, -0.05) is 31.2 Å². The zero-order chi connectivity index (χ0) is 22.3. The molecule has 0 bridgehead atoms. The number of carbonyl (C=O) groups is 1. The van der Waals surface area contributed by atoms with E-state index in [2.05, 4.69) is 32.7 Å². The second kappa shape index (κ2) is 10.1. The Morgan fingerprint density at radius 1 is 1.03 bits per heavy atom. The molecule has 2 N–H and O–H groups in total. The molecule has 7 nitrogen and oxygen atoms in total. The summed E-state index contributed by atoms with van der Waals surface area (Å²) < 4.78 is 5.56. The summed E-state index contributed by atoms with van der Waals surface area (Å²) in [6.45, 7) is 6.78. The first-order chi connectivity index (χ1) is 15.6. The minimum atomic E-state index is -0.338. The number of piperidine rings is 1. The number of anilines is 3. The molecular weight excluding hydrogens is 402 g/mol. The van der Waals surface area contributed by atoms with Gasteiger partial charge in [-0.2, -0.15) is 0 Å². The number of benzene rings is 2. The molecular formula is C25H29N5O2. The van der Waals surface area contributed by atoms with Crippen LogP contribution in [-0.4, -0.2) is 35.9 Å². The number of urea groups is 1. The number of aromatic nitrogens is 2. The molecule has 0 aliphatic carbocycles. The molecule has 0 atom stereocenters. The third kappa shape index (κ3) is 5.35. The van der Waals surface area contributed by atoms with Gasteiger partial charge in [-0.05, 0) is 62.1 Å². The molecule has 1 saturated heterocycles. The molecule has 4 rings (SSSR count). The largest absolute Gasteiger partial charge is 0.492 e. The van der Waals surface area contributed by atoms with Crippen LogP contribution in [0.2, 0.25) is 0 Å². The van der Waals surface area contributed by atoms with Crippen molar-refractivity contribution in [3.8, 4) is 17.0 Å². The summed E-state index contributed by atoms with van der Waals surface area (Å²) in [6, 6.07) is 18.6. The second-order valence-corrected chi connectivity index (χ2v) is 8.04. The first kappa shape index (κ1) is 21.6. The highest BCUT2D eigenvalue weighted by atomic mass is 16.5. The Kier molecular flexibility index (Phi) is 6.84. The third-order valence-corrected chi connectivity index (χ3v) is 5.61. The van der Waals surface area contributed by atoms with Gasteiger partial charge in [0.1, 0.15) is 5.75 Å². The minimum absolute atomic E-state index is 0.338. The summed E-state index contributed by atoms with van der Waals surface area (Å²) >= 11 is 0. The maximum absolute atomic E-state index is 12.5. The molecule has 32 heavy (non-hydrogen) atoms. The Morgan fingerprint density at radius 2 is 1.84 bits per heavy atom. The van der Waals surface area contributed by atoms with Crippen molar-refractivity contribution in [3.63, 3.8) is 0 Å². The standard InChI is InChI=1S/C25H29N5O2/c1-3-32-23-10-5-4-9-22(23)27-25(31)26-20-8-6-7-19(17-20)21-11-12-24(29-28-21)30-15-13-18(2)14-16-30/h4-12,17-18H,3,13-16H2,1-2H3,(H2,26,27,31). The Labute approximate surface area is 188 Å². The summed E-state index contributed by atoms with van der Waals surface area (Å²) in [5, 5.41) is 14.6. The fourth-order valence-electron chi connectivity index (χ4n) is 3.78. The molecule has 7 heteroatoms. The van der Waals surface area contributed by atoms with Gasteiger partial charge in [0.05, 0.1) is 18.0 Å². The first-order valence-corrected chi connectivity index (χ1v) is 11.1. The normalized spacial score (nSPS) is 14.1. The number of carbonyl (C=O) groups excluding carboxylic acids is 1. The number of hydrogen-bond donors (Lipinski definition) is 2. The smallest absolute Gasteiger partial charge is 0.323 e. The van der Waals surface area contributed by atoms with Crippen LogP contribution in [0.5, 0.6) is 5.75 Å². The average Bonchev–Trinajstić information content (AvgIpc) is 2.81. The molecule has 2 heterocycles. The zero-order valence-corrected chi connectivity index (χ0v) is 18.5. The topological polar surface area (TPSA) is 79.4 Å². The van der Waals surface area contributed by atoms with E-state index >= 15 is 0 Å². The van der Waals surface area contributed by atoms with Gasteiger partial charge in [-0.25, -0.2) is 4.79 Å². The minimum Gasteiger partial charge on any atom is -0.492 e. The predicted octanol–water partition coefficient (Wildman–Crippen LogP) is 5.42. The van der Waals surface area contributed by atoms with Crippen molar-refractivity contribution < 1.29 is 9.53 Å². The van der Waals surface area contributed by atoms with E-state index in [1.165, 1.54) is 12.8 Å². The van der Waals surface area contributed by atoms with Crippen molar-refractivity contribution in [3.05, 3.63) is 60.7 Å². The SMILES string of the molecule is CCOc1ccccc1NC(=O)Nc1cccc(-c2ccc(N3CCC(C)CC3)nn2)c1. The molecule has 1 aliphatic rings. The Morgan fingerprint density at radius 3 is 2.59 bits per heavy atom. The van der Waals surface area contributed by atoms with E-state index in [9.17, 15) is 4.79 Å². The summed E-state index contributed by atoms with van der Waals surface area (Å²) in [5.74, 6) is 2.33. The lowest BCUT2D eigenvalue weighted by Crippen LogP contribution is -2.33. The lowest BCUT2D eigenvalue weighted by atomic mass is 9.99. The highest BCUT2D eigenvalue weighted by Crippen LogP contribution is 2.26. The van der Waals surface area contributed by atoms with E-state index in [0.717, 1.165) is 36.1 Å². The van der Waals surface area contributed by atoms with Gasteiger partial charge in [0, 0.05) is 24.3 Å². The lowest BCUT2D eigenvalue weighted by Gasteiger charge is -2.30. The maximum Gasteiger partial charge on any atom is 0.323 e. The monoisotopic (exact) mass is 431 g/mol. The Bertz CT molecular complexity index is 1050. The molecule has 3 aromatic rings. The summed E-state index contributed by atoms with van der Waals surface area (Å²) in [6.07, 6.45) is 2.38. The van der Waals surface area contributed by atoms with Crippen LogP contribution < -0.4 is 20.3 Å². The van der Waals surface area contributed by atoms with E-state index in [1.54, 1.807) is 6.07 Å². The highest BCUT2D eigenvalue weighted by Gasteiger charge is 2.17. The molecule has 0 spiro atoms. The van der Waals surface area contributed by atoms with Gasteiger partial charge < -0.3 is 20.3 Å². The van der Waals surface area contributed by atoms with Crippen molar-refractivity contribution in [2.24, 2.45) is 5.92 Å². The van der Waals surface area contributed by atoms with Crippen LogP contribution in [0.15, 0.2) is 60.7 Å². The van der Waals surface area contributed by atoms with Gasteiger partial charge >= 0.3 is 6.03 Å². The molecule has 166 valence electrons. The van der Waals surface area contributed by atoms with Gasteiger partial charge in [0.25, 0.3) is 0 Å². The fraction of sp³-hybridized carbons (Fsp3) is 0.320. The number of nitrogens with one attached hydrogen (secondary N) is 2. The van der Waals surface area contributed by atoms with Crippen molar-refractivity contribution in [1.29, 1.82) is 0 Å². The van der Waals surface area contributed by atoms with E-state index < -0.39 is 0 Å². The van der Waals surface area contributed by atoms with E-state index in [4.69, 9.17) is 4.74 Å². The average molecular weight is 432 g/mol. The summed E-state index contributed by atoms with van der Waals surface area (Å²) in [4.78, 5) is 14.8. The van der Waals surface area contributed by atoms with Gasteiger partial charge in [-0.3, -0.25) is 0 Å². The third-order valence-electron chi connectivity index (χ3n) is 5.61. The van der Waals surface area contributed by atoms with Crippen LogP contribution in [0.4, 0.5) is 22.0 Å². The van der Waals surface area contributed by atoms with Crippen LogP contribution in [0, 0.1) is 5.92 Å². The Hall–Kier alpha value is -3.61. The van der Waals surface area contributed by atoms with E-state index in [-0.39, 0.29) is 6.03 Å². The van der Waals surface area contributed by atoms with Gasteiger partial charge in [0.15, 0.2) is 5.82 Å². The number of rotatable bonds is 6. The predicted molar refractivity (Wildman–Crippen MR) is 128 cm³/mol. The number of ether oxygens (including phenoxy) is 1. The van der Waals surface area contributed by atoms with Gasteiger partial charge in [-0.15, -0.1) is 10.2 Å². The molecule has 0 unspecified atom stereocenters. The Balaban J connectivity index is 1.42. The van der Waals surface area contributed by atoms with Crippen LogP contribution in [-0.2, 0) is 0 Å². The number of amides is 2. The van der Waals surface area contributed by atoms with Crippen LogP contribution >= 0.6 is 0 Å². The maximum atomic E-state index is 12.5. The highest BCUT2D eigenvalue weighted by molar-refractivity contribution is 6.01. The van der Waals surface area contributed by atoms with Crippen LogP contribution in [0.25, 0.3) is 11.3 Å². The molecule has 2 aromatic carbocycles. The van der Waals surface area contributed by atoms with E-state index in [0.29, 0.717) is 23.7 Å². The number of nitrogens with zero attached hydrogens (tertiary/aromatic N) is 3. The summed E-state index contributed by atoms with van der Waals surface area (Å²) in [7, 11) is 0. The quantitative estimate of drug-likeness (QED) is 0.545. The van der Waals surface area contributed by atoms with Crippen molar-refractivity contribution >= 4 is 23.2 Å². The van der Waals surface area contributed by atoms with Crippen LogP contribution in [0.1, 0.15) is 26.7 Å². The van der Waals surface area contributed by atoms with E-state index in [1.807, 2.05) is 61.5 Å².